The molecule has 0 bridgehead atoms. The number of aryl methyl sites for hydroxylation is 2. The van der Waals surface area contributed by atoms with Gasteiger partial charge in [0.2, 0.25) is 5.91 Å². The van der Waals surface area contributed by atoms with Crippen LogP contribution in [0.15, 0.2) is 6.07 Å². The summed E-state index contributed by atoms with van der Waals surface area (Å²) in [5.74, 6) is 0.971. The van der Waals surface area contributed by atoms with Crippen LogP contribution in [-0.4, -0.2) is 19.1 Å². The van der Waals surface area contributed by atoms with Crippen molar-refractivity contribution in [1.29, 1.82) is 0 Å². The fourth-order valence-corrected chi connectivity index (χ4v) is 2.35. The largest absolute Gasteiger partial charge is 0.488 e. The molecule has 1 unspecified atom stereocenters. The lowest BCUT2D eigenvalue weighted by molar-refractivity contribution is -0.119. The van der Waals surface area contributed by atoms with Gasteiger partial charge < -0.3 is 9.64 Å². The predicted octanol–water partition coefficient (Wildman–Crippen LogP) is 2.75. The SMILES string of the molecule is Cc1cc(C)c2c(c1C)N(C)C(=O)CC(C)O2. The molecule has 1 aromatic rings. The molecular formula is C14H19NO2. The predicted molar refractivity (Wildman–Crippen MR) is 68.8 cm³/mol. The average molecular weight is 233 g/mol. The van der Waals surface area contributed by atoms with Gasteiger partial charge in [-0.15, -0.1) is 0 Å². The first-order chi connectivity index (χ1) is 7.91. The van der Waals surface area contributed by atoms with Crippen LogP contribution in [0, 0.1) is 20.8 Å². The van der Waals surface area contributed by atoms with E-state index in [-0.39, 0.29) is 12.0 Å². The summed E-state index contributed by atoms with van der Waals surface area (Å²) in [5, 5.41) is 0. The van der Waals surface area contributed by atoms with Gasteiger partial charge in [-0.2, -0.15) is 0 Å². The molecule has 0 radical (unpaired) electrons. The van der Waals surface area contributed by atoms with Gasteiger partial charge in [0.1, 0.15) is 11.9 Å². The zero-order valence-corrected chi connectivity index (χ0v) is 11.1. The Labute approximate surface area is 102 Å². The van der Waals surface area contributed by atoms with Crippen LogP contribution in [0.4, 0.5) is 5.69 Å². The zero-order valence-electron chi connectivity index (χ0n) is 11.1. The molecule has 92 valence electrons. The van der Waals surface area contributed by atoms with E-state index >= 15 is 0 Å². The summed E-state index contributed by atoms with van der Waals surface area (Å²) < 4.78 is 5.90. The Morgan fingerprint density at radius 1 is 1.29 bits per heavy atom. The molecule has 17 heavy (non-hydrogen) atoms. The van der Waals surface area contributed by atoms with Gasteiger partial charge in [-0.25, -0.2) is 0 Å². The number of nitrogens with zero attached hydrogens (tertiary/aromatic N) is 1. The van der Waals surface area contributed by atoms with Crippen LogP contribution < -0.4 is 9.64 Å². The fraction of sp³-hybridized carbons (Fsp3) is 0.500. The molecule has 3 nitrogen and oxygen atoms in total. The first-order valence-electron chi connectivity index (χ1n) is 5.95. The van der Waals surface area contributed by atoms with Crippen molar-refractivity contribution in [2.75, 3.05) is 11.9 Å². The minimum atomic E-state index is -0.0630. The summed E-state index contributed by atoms with van der Waals surface area (Å²) in [5.41, 5.74) is 4.34. The minimum absolute atomic E-state index is 0.0630. The third-order valence-corrected chi connectivity index (χ3v) is 3.44. The molecule has 0 aromatic heterocycles. The Balaban J connectivity index is 2.69. The van der Waals surface area contributed by atoms with E-state index in [2.05, 4.69) is 13.0 Å². The van der Waals surface area contributed by atoms with E-state index in [1.807, 2.05) is 27.8 Å². The summed E-state index contributed by atoms with van der Waals surface area (Å²) in [6.45, 7) is 8.07. The van der Waals surface area contributed by atoms with E-state index in [0.29, 0.717) is 6.42 Å². The topological polar surface area (TPSA) is 29.5 Å². The molecule has 3 heteroatoms. The molecule has 1 atom stereocenters. The Morgan fingerprint density at radius 3 is 2.59 bits per heavy atom. The highest BCUT2D eigenvalue weighted by molar-refractivity contribution is 5.96. The molecule has 0 spiro atoms. The minimum Gasteiger partial charge on any atom is -0.488 e. The molecule has 0 saturated carbocycles. The summed E-state index contributed by atoms with van der Waals surface area (Å²) >= 11 is 0. The maximum atomic E-state index is 12.0. The first-order valence-corrected chi connectivity index (χ1v) is 5.95. The highest BCUT2D eigenvalue weighted by atomic mass is 16.5. The molecule has 1 aliphatic rings. The van der Waals surface area contributed by atoms with E-state index < -0.39 is 0 Å². The summed E-state index contributed by atoms with van der Waals surface area (Å²) in [6, 6.07) is 2.12. The molecule has 0 aliphatic carbocycles. The van der Waals surface area contributed by atoms with E-state index in [4.69, 9.17) is 4.74 Å². The normalized spacial score (nSPS) is 19.7. The van der Waals surface area contributed by atoms with Crippen LogP contribution in [0.25, 0.3) is 0 Å². The lowest BCUT2D eigenvalue weighted by Crippen LogP contribution is -2.27. The molecule has 2 rings (SSSR count). The lowest BCUT2D eigenvalue weighted by Gasteiger charge is -2.22. The Morgan fingerprint density at radius 2 is 1.94 bits per heavy atom. The lowest BCUT2D eigenvalue weighted by atomic mass is 10.0. The average Bonchev–Trinajstić information content (AvgIpc) is 2.35. The van der Waals surface area contributed by atoms with Gasteiger partial charge in [-0.1, -0.05) is 6.07 Å². The number of benzene rings is 1. The van der Waals surface area contributed by atoms with Crippen molar-refractivity contribution in [3.05, 3.63) is 22.8 Å². The fourth-order valence-electron chi connectivity index (χ4n) is 2.35. The van der Waals surface area contributed by atoms with E-state index in [1.54, 1.807) is 4.90 Å². The molecule has 1 heterocycles. The maximum absolute atomic E-state index is 12.0. The Hall–Kier alpha value is -1.51. The number of hydrogen-bond acceptors (Lipinski definition) is 2. The Kier molecular flexibility index (Phi) is 2.86. The first kappa shape index (κ1) is 12.0. The molecular weight excluding hydrogens is 214 g/mol. The number of fused-ring (bicyclic) bond motifs is 1. The number of anilines is 1. The number of rotatable bonds is 0. The molecule has 0 saturated heterocycles. The van der Waals surface area contributed by atoms with Crippen molar-refractivity contribution < 1.29 is 9.53 Å². The van der Waals surface area contributed by atoms with Crippen molar-refractivity contribution in [2.24, 2.45) is 0 Å². The quantitative estimate of drug-likeness (QED) is 0.689. The Bertz CT molecular complexity index is 480. The number of hydrogen-bond donors (Lipinski definition) is 0. The molecule has 1 aromatic carbocycles. The van der Waals surface area contributed by atoms with Gasteiger partial charge in [-0.05, 0) is 44.4 Å². The van der Waals surface area contributed by atoms with Gasteiger partial charge in [0.15, 0.2) is 0 Å². The second kappa shape index (κ2) is 4.06. The number of ether oxygens (including phenoxy) is 1. The number of carbonyl (C=O) groups is 1. The van der Waals surface area contributed by atoms with Crippen molar-refractivity contribution >= 4 is 11.6 Å². The van der Waals surface area contributed by atoms with E-state index in [1.165, 1.54) is 5.56 Å². The standard InChI is InChI=1S/C14H19NO2/c1-8-6-9(2)14-13(11(8)4)15(5)12(16)7-10(3)17-14/h6,10H,7H2,1-5H3. The third-order valence-electron chi connectivity index (χ3n) is 3.44. The van der Waals surface area contributed by atoms with Crippen LogP contribution in [0.5, 0.6) is 5.75 Å². The second-order valence-corrected chi connectivity index (χ2v) is 4.90. The molecule has 1 aliphatic heterocycles. The molecule has 0 fully saturated rings. The smallest absolute Gasteiger partial charge is 0.230 e. The van der Waals surface area contributed by atoms with Gasteiger partial charge in [0.25, 0.3) is 0 Å². The van der Waals surface area contributed by atoms with Crippen LogP contribution in [0.2, 0.25) is 0 Å². The maximum Gasteiger partial charge on any atom is 0.230 e. The number of carbonyl (C=O) groups excluding carboxylic acids is 1. The van der Waals surface area contributed by atoms with Crippen molar-refractivity contribution in [2.45, 2.75) is 40.2 Å². The van der Waals surface area contributed by atoms with Gasteiger partial charge in [0, 0.05) is 7.05 Å². The van der Waals surface area contributed by atoms with Crippen LogP contribution in [0.1, 0.15) is 30.0 Å². The van der Waals surface area contributed by atoms with Gasteiger partial charge in [-0.3, -0.25) is 4.79 Å². The van der Waals surface area contributed by atoms with Crippen molar-refractivity contribution in [3.63, 3.8) is 0 Å². The van der Waals surface area contributed by atoms with Gasteiger partial charge >= 0.3 is 0 Å². The van der Waals surface area contributed by atoms with Gasteiger partial charge in [0.05, 0.1) is 12.1 Å². The zero-order chi connectivity index (χ0) is 12.7. The van der Waals surface area contributed by atoms with Crippen molar-refractivity contribution in [1.82, 2.24) is 0 Å². The van der Waals surface area contributed by atoms with Crippen LogP contribution >= 0.6 is 0 Å². The van der Waals surface area contributed by atoms with E-state index in [9.17, 15) is 4.79 Å². The summed E-state index contributed by atoms with van der Waals surface area (Å²) in [4.78, 5) is 13.7. The third kappa shape index (κ3) is 1.90. The highest BCUT2D eigenvalue weighted by Gasteiger charge is 2.27. The van der Waals surface area contributed by atoms with E-state index in [0.717, 1.165) is 22.6 Å². The summed E-state index contributed by atoms with van der Waals surface area (Å²) in [6.07, 6.45) is 0.371. The monoisotopic (exact) mass is 233 g/mol. The summed E-state index contributed by atoms with van der Waals surface area (Å²) in [7, 11) is 1.83. The van der Waals surface area contributed by atoms with Crippen molar-refractivity contribution in [3.8, 4) is 5.75 Å². The highest BCUT2D eigenvalue weighted by Crippen LogP contribution is 2.39. The van der Waals surface area contributed by atoms with Crippen LogP contribution in [0.3, 0.4) is 0 Å². The molecule has 1 amide bonds. The molecule has 0 N–H and O–H groups in total. The number of amides is 1. The van der Waals surface area contributed by atoms with Crippen LogP contribution in [-0.2, 0) is 4.79 Å². The second-order valence-electron chi connectivity index (χ2n) is 4.90.